The summed E-state index contributed by atoms with van der Waals surface area (Å²) in [7, 11) is 0. The molecule has 1 aliphatic rings. The van der Waals surface area contributed by atoms with Crippen LogP contribution in [-0.4, -0.2) is 51.7 Å². The van der Waals surface area contributed by atoms with Gasteiger partial charge in [-0.25, -0.2) is 4.98 Å². The van der Waals surface area contributed by atoms with E-state index in [1.54, 1.807) is 11.3 Å². The van der Waals surface area contributed by atoms with E-state index < -0.39 is 0 Å². The highest BCUT2D eigenvalue weighted by Crippen LogP contribution is 2.20. The van der Waals surface area contributed by atoms with Crippen LogP contribution in [0, 0.1) is 19.8 Å². The van der Waals surface area contributed by atoms with Gasteiger partial charge in [0.05, 0.1) is 17.5 Å². The van der Waals surface area contributed by atoms with E-state index in [-0.39, 0.29) is 6.10 Å². The SMILES string of the molecule is Cc1cn2c(CNCC(O)CN3CCC(C)CC3)c(C)nc2s1. The maximum absolute atomic E-state index is 10.3. The van der Waals surface area contributed by atoms with Crippen LogP contribution in [0.3, 0.4) is 0 Å². The van der Waals surface area contributed by atoms with E-state index in [0.29, 0.717) is 6.54 Å². The molecule has 0 aliphatic carbocycles. The highest BCUT2D eigenvalue weighted by atomic mass is 32.1. The fraction of sp³-hybridized carbons (Fsp3) is 0.706. The molecule has 1 saturated heterocycles. The number of fused-ring (bicyclic) bond motifs is 1. The molecule has 3 heterocycles. The molecule has 6 heteroatoms. The van der Waals surface area contributed by atoms with Crippen molar-refractivity contribution in [1.29, 1.82) is 0 Å². The third-order valence-corrected chi connectivity index (χ3v) is 5.66. The molecule has 0 amide bonds. The Kier molecular flexibility index (Phi) is 5.36. The Morgan fingerprint density at radius 1 is 1.39 bits per heavy atom. The molecule has 1 aliphatic heterocycles. The highest BCUT2D eigenvalue weighted by Gasteiger charge is 2.18. The van der Waals surface area contributed by atoms with Gasteiger partial charge < -0.3 is 15.3 Å². The first-order valence-electron chi connectivity index (χ1n) is 8.58. The van der Waals surface area contributed by atoms with Crippen molar-refractivity contribution in [3.8, 4) is 0 Å². The van der Waals surface area contributed by atoms with Gasteiger partial charge >= 0.3 is 0 Å². The molecule has 1 unspecified atom stereocenters. The minimum absolute atomic E-state index is 0.309. The first-order chi connectivity index (χ1) is 11.0. The number of piperidine rings is 1. The third-order valence-electron chi connectivity index (χ3n) is 4.76. The molecular formula is C17H28N4OS. The summed E-state index contributed by atoms with van der Waals surface area (Å²) in [5, 5.41) is 13.7. The summed E-state index contributed by atoms with van der Waals surface area (Å²) in [6.07, 6.45) is 4.34. The van der Waals surface area contributed by atoms with Gasteiger partial charge in [-0.15, -0.1) is 11.3 Å². The number of aliphatic hydroxyl groups excluding tert-OH is 1. The van der Waals surface area contributed by atoms with E-state index in [4.69, 9.17) is 0 Å². The Balaban J connectivity index is 1.47. The van der Waals surface area contributed by atoms with E-state index in [0.717, 1.165) is 42.8 Å². The lowest BCUT2D eigenvalue weighted by molar-refractivity contribution is 0.0906. The Labute approximate surface area is 142 Å². The maximum Gasteiger partial charge on any atom is 0.194 e. The number of imidazole rings is 1. The van der Waals surface area contributed by atoms with Crippen molar-refractivity contribution in [2.45, 2.75) is 46.3 Å². The summed E-state index contributed by atoms with van der Waals surface area (Å²) < 4.78 is 2.17. The lowest BCUT2D eigenvalue weighted by atomic mass is 9.99. The smallest absolute Gasteiger partial charge is 0.194 e. The standard InChI is InChI=1S/C17H28N4OS/c1-12-4-6-20(7-5-12)11-15(22)8-18-9-16-14(3)19-17-21(16)10-13(2)23-17/h10,12,15,18,22H,4-9,11H2,1-3H3. The van der Waals surface area contributed by atoms with Crippen LogP contribution >= 0.6 is 11.3 Å². The Hall–Kier alpha value is -0.950. The van der Waals surface area contributed by atoms with Gasteiger partial charge in [0, 0.05) is 30.7 Å². The second-order valence-electron chi connectivity index (χ2n) is 6.91. The molecule has 0 saturated carbocycles. The van der Waals surface area contributed by atoms with Gasteiger partial charge in [-0.3, -0.25) is 4.40 Å². The Morgan fingerprint density at radius 2 is 2.13 bits per heavy atom. The fourth-order valence-corrected chi connectivity index (χ4v) is 4.18. The number of aromatic nitrogens is 2. The van der Waals surface area contributed by atoms with Crippen molar-refractivity contribution >= 4 is 16.3 Å². The van der Waals surface area contributed by atoms with E-state index in [1.807, 2.05) is 0 Å². The van der Waals surface area contributed by atoms with Crippen molar-refractivity contribution in [2.75, 3.05) is 26.2 Å². The minimum atomic E-state index is -0.309. The zero-order valence-corrected chi connectivity index (χ0v) is 15.2. The number of nitrogens with zero attached hydrogens (tertiary/aromatic N) is 3. The number of β-amino-alcohol motifs (C(OH)–C–C–N with tert-alkyl or cyclic N) is 1. The summed E-state index contributed by atoms with van der Waals surface area (Å²) in [4.78, 5) is 9.32. The molecule has 1 atom stereocenters. The average Bonchev–Trinajstić information content (AvgIpc) is 2.98. The van der Waals surface area contributed by atoms with Crippen LogP contribution in [0.2, 0.25) is 0 Å². The number of nitrogens with one attached hydrogen (secondary N) is 1. The monoisotopic (exact) mass is 336 g/mol. The lowest BCUT2D eigenvalue weighted by Crippen LogP contribution is -2.41. The largest absolute Gasteiger partial charge is 0.390 e. The molecule has 2 aromatic rings. The van der Waals surface area contributed by atoms with Gasteiger partial charge in [-0.2, -0.15) is 0 Å². The van der Waals surface area contributed by atoms with Crippen LogP contribution in [0.25, 0.3) is 4.96 Å². The van der Waals surface area contributed by atoms with Crippen LogP contribution in [0.1, 0.15) is 36.0 Å². The molecule has 0 spiro atoms. The maximum atomic E-state index is 10.3. The van der Waals surface area contributed by atoms with Crippen LogP contribution in [-0.2, 0) is 6.54 Å². The quantitative estimate of drug-likeness (QED) is 0.849. The van der Waals surface area contributed by atoms with Gasteiger partial charge in [0.25, 0.3) is 0 Å². The first-order valence-corrected chi connectivity index (χ1v) is 9.39. The minimum Gasteiger partial charge on any atom is -0.390 e. The molecule has 0 bridgehead atoms. The van der Waals surface area contributed by atoms with Crippen molar-refractivity contribution < 1.29 is 5.11 Å². The van der Waals surface area contributed by atoms with Crippen molar-refractivity contribution in [3.63, 3.8) is 0 Å². The molecule has 3 rings (SSSR count). The first kappa shape index (κ1) is 16.9. The van der Waals surface area contributed by atoms with Gasteiger partial charge in [0.1, 0.15) is 0 Å². The van der Waals surface area contributed by atoms with Crippen LogP contribution < -0.4 is 5.32 Å². The summed E-state index contributed by atoms with van der Waals surface area (Å²) in [5.41, 5.74) is 2.27. The number of thiazole rings is 1. The molecule has 0 radical (unpaired) electrons. The number of likely N-dealkylation sites (tertiary alicyclic amines) is 1. The van der Waals surface area contributed by atoms with Crippen LogP contribution in [0.4, 0.5) is 0 Å². The number of aryl methyl sites for hydroxylation is 2. The van der Waals surface area contributed by atoms with Gasteiger partial charge in [0.15, 0.2) is 4.96 Å². The average molecular weight is 337 g/mol. The van der Waals surface area contributed by atoms with Crippen molar-refractivity contribution in [1.82, 2.24) is 19.6 Å². The van der Waals surface area contributed by atoms with Crippen LogP contribution in [0.15, 0.2) is 6.20 Å². The predicted molar refractivity (Wildman–Crippen MR) is 95.1 cm³/mol. The van der Waals surface area contributed by atoms with Crippen LogP contribution in [0.5, 0.6) is 0 Å². The lowest BCUT2D eigenvalue weighted by Gasteiger charge is -2.31. The summed E-state index contributed by atoms with van der Waals surface area (Å²) >= 11 is 1.72. The molecule has 1 fully saturated rings. The predicted octanol–water partition coefficient (Wildman–Crippen LogP) is 2.20. The van der Waals surface area contributed by atoms with E-state index >= 15 is 0 Å². The van der Waals surface area contributed by atoms with Gasteiger partial charge in [-0.05, 0) is 45.7 Å². The molecule has 128 valence electrons. The van der Waals surface area contributed by atoms with E-state index in [1.165, 1.54) is 23.4 Å². The van der Waals surface area contributed by atoms with Crippen molar-refractivity contribution in [2.24, 2.45) is 5.92 Å². The fourth-order valence-electron chi connectivity index (χ4n) is 3.29. The second-order valence-corrected chi connectivity index (χ2v) is 8.12. The second kappa shape index (κ2) is 7.30. The normalized spacial score (nSPS) is 18.8. The van der Waals surface area contributed by atoms with Gasteiger partial charge in [0.2, 0.25) is 0 Å². The number of hydrogen-bond acceptors (Lipinski definition) is 5. The summed E-state index contributed by atoms with van der Waals surface area (Å²) in [6.45, 7) is 10.9. The zero-order valence-electron chi connectivity index (χ0n) is 14.4. The van der Waals surface area contributed by atoms with E-state index in [9.17, 15) is 5.11 Å². The molecule has 0 aromatic carbocycles. The Bertz CT molecular complexity index is 642. The van der Waals surface area contributed by atoms with E-state index in [2.05, 4.69) is 46.6 Å². The molecule has 23 heavy (non-hydrogen) atoms. The molecular weight excluding hydrogens is 308 g/mol. The molecule has 5 nitrogen and oxygen atoms in total. The van der Waals surface area contributed by atoms with Crippen molar-refractivity contribution in [3.05, 3.63) is 22.5 Å². The zero-order chi connectivity index (χ0) is 16.4. The van der Waals surface area contributed by atoms with Gasteiger partial charge in [-0.1, -0.05) is 6.92 Å². The number of rotatable bonds is 6. The number of hydrogen-bond donors (Lipinski definition) is 2. The number of aliphatic hydroxyl groups is 1. The molecule has 2 N–H and O–H groups in total. The summed E-state index contributed by atoms with van der Waals surface area (Å²) in [6, 6.07) is 0. The Morgan fingerprint density at radius 3 is 2.87 bits per heavy atom. The third kappa shape index (κ3) is 4.12. The molecule has 2 aromatic heterocycles. The highest BCUT2D eigenvalue weighted by molar-refractivity contribution is 7.17. The topological polar surface area (TPSA) is 52.8 Å². The summed E-state index contributed by atoms with van der Waals surface area (Å²) in [5.74, 6) is 0.836.